The highest BCUT2D eigenvalue weighted by atomic mass is 16.5. The first-order valence-corrected chi connectivity index (χ1v) is 10.9. The molecule has 2 heterocycles. The third-order valence-corrected chi connectivity index (χ3v) is 6.50. The first-order valence-electron chi connectivity index (χ1n) is 10.9. The fourth-order valence-corrected chi connectivity index (χ4v) is 4.75. The Morgan fingerprint density at radius 3 is 2.47 bits per heavy atom. The molecule has 3 heteroatoms. The summed E-state index contributed by atoms with van der Waals surface area (Å²) in [4.78, 5) is 2.51. The second-order valence-corrected chi connectivity index (χ2v) is 8.28. The molecule has 2 aliphatic heterocycles. The zero-order valence-corrected chi connectivity index (χ0v) is 17.9. The third kappa shape index (κ3) is 3.49. The molecule has 0 aromatic heterocycles. The van der Waals surface area contributed by atoms with E-state index in [9.17, 15) is 0 Å². The van der Waals surface area contributed by atoms with Gasteiger partial charge < -0.3 is 4.74 Å². The zero-order chi connectivity index (χ0) is 20.5. The highest BCUT2D eigenvalue weighted by Crippen LogP contribution is 2.36. The maximum atomic E-state index is 5.51. The fourth-order valence-electron chi connectivity index (χ4n) is 4.75. The minimum absolute atomic E-state index is 0.852. The Balaban J connectivity index is 1.55. The molecular weight excluding hydrogens is 368 g/mol. The average molecular weight is 398 g/mol. The van der Waals surface area contributed by atoms with E-state index in [-0.39, 0.29) is 0 Å². The quantitative estimate of drug-likeness (QED) is 0.567. The van der Waals surface area contributed by atoms with Crippen molar-refractivity contribution in [2.45, 2.75) is 13.8 Å². The SMILES string of the molecule is CC1=[N+](CCN2CCOCC2)c2ccccc2C1=Cc1ccc(C)c2ccccc12. The van der Waals surface area contributed by atoms with Crippen molar-refractivity contribution in [2.75, 3.05) is 39.4 Å². The van der Waals surface area contributed by atoms with Crippen LogP contribution >= 0.6 is 0 Å². The Labute approximate surface area is 178 Å². The summed E-state index contributed by atoms with van der Waals surface area (Å²) in [5.74, 6) is 0. The molecule has 0 atom stereocenters. The highest BCUT2D eigenvalue weighted by Gasteiger charge is 2.31. The summed E-state index contributed by atoms with van der Waals surface area (Å²) in [6.45, 7) is 10.3. The van der Waals surface area contributed by atoms with Crippen LogP contribution in [-0.2, 0) is 4.74 Å². The van der Waals surface area contributed by atoms with E-state index in [1.54, 1.807) is 0 Å². The van der Waals surface area contributed by atoms with Gasteiger partial charge >= 0.3 is 0 Å². The Bertz CT molecular complexity index is 1150. The number of fused-ring (bicyclic) bond motifs is 2. The van der Waals surface area contributed by atoms with Gasteiger partial charge in [-0.05, 0) is 41.0 Å². The maximum absolute atomic E-state index is 5.51. The van der Waals surface area contributed by atoms with E-state index in [1.165, 1.54) is 44.4 Å². The summed E-state index contributed by atoms with van der Waals surface area (Å²) in [5, 5.41) is 2.65. The molecule has 1 fully saturated rings. The van der Waals surface area contributed by atoms with Crippen LogP contribution in [0.2, 0.25) is 0 Å². The van der Waals surface area contributed by atoms with Gasteiger partial charge in [0.15, 0.2) is 12.3 Å². The van der Waals surface area contributed by atoms with Gasteiger partial charge in [0.2, 0.25) is 5.69 Å². The van der Waals surface area contributed by atoms with Crippen molar-refractivity contribution in [3.63, 3.8) is 0 Å². The lowest BCUT2D eigenvalue weighted by molar-refractivity contribution is -0.438. The van der Waals surface area contributed by atoms with E-state index in [4.69, 9.17) is 4.74 Å². The first-order chi connectivity index (χ1) is 14.7. The number of rotatable bonds is 4. The van der Waals surface area contributed by atoms with Crippen LogP contribution in [0, 0.1) is 6.92 Å². The molecule has 0 N–H and O–H groups in total. The number of aryl methyl sites for hydroxylation is 1. The number of ether oxygens (including phenoxy) is 1. The first kappa shape index (κ1) is 19.2. The van der Waals surface area contributed by atoms with E-state index >= 15 is 0 Å². The minimum atomic E-state index is 0.852. The molecule has 0 amide bonds. The van der Waals surface area contributed by atoms with Crippen molar-refractivity contribution in [3.8, 4) is 0 Å². The predicted octanol–water partition coefficient (Wildman–Crippen LogP) is 5.14. The summed E-state index contributed by atoms with van der Waals surface area (Å²) < 4.78 is 8.00. The molecule has 0 aliphatic carbocycles. The molecule has 3 aromatic carbocycles. The summed E-state index contributed by atoms with van der Waals surface area (Å²) in [6, 6.07) is 22.0. The van der Waals surface area contributed by atoms with Crippen molar-refractivity contribution in [3.05, 3.63) is 77.4 Å². The molecule has 0 unspecified atom stereocenters. The van der Waals surface area contributed by atoms with Crippen molar-refractivity contribution >= 4 is 33.8 Å². The van der Waals surface area contributed by atoms with Gasteiger partial charge in [-0.15, -0.1) is 0 Å². The number of hydrogen-bond acceptors (Lipinski definition) is 2. The standard InChI is InChI=1S/C27H29N2O/c1-20-11-12-22(24-8-4-3-7-23(20)24)19-26-21(2)29(27-10-6-5-9-25(26)27)14-13-28-15-17-30-18-16-28/h3-12,19H,13-18H2,1-2H3/q+1. The van der Waals surface area contributed by atoms with Gasteiger partial charge in [-0.3, -0.25) is 4.90 Å². The molecule has 1 saturated heterocycles. The average Bonchev–Trinajstić information content (AvgIpc) is 3.06. The van der Waals surface area contributed by atoms with Crippen molar-refractivity contribution in [1.82, 2.24) is 4.90 Å². The van der Waals surface area contributed by atoms with Crippen molar-refractivity contribution < 1.29 is 9.31 Å². The van der Waals surface area contributed by atoms with Crippen LogP contribution in [0.1, 0.15) is 23.6 Å². The largest absolute Gasteiger partial charge is 0.379 e. The molecule has 0 bridgehead atoms. The van der Waals surface area contributed by atoms with Crippen LogP contribution in [0.15, 0.2) is 60.7 Å². The lowest BCUT2D eigenvalue weighted by atomic mass is 9.96. The minimum Gasteiger partial charge on any atom is -0.379 e. The lowest BCUT2D eigenvalue weighted by Gasteiger charge is -2.25. The molecule has 30 heavy (non-hydrogen) atoms. The summed E-state index contributed by atoms with van der Waals surface area (Å²) in [7, 11) is 0. The Kier molecular flexibility index (Phi) is 5.24. The number of para-hydroxylation sites is 1. The molecule has 5 rings (SSSR count). The number of hydrogen-bond donors (Lipinski definition) is 0. The normalized spacial score (nSPS) is 18.4. The lowest BCUT2D eigenvalue weighted by Crippen LogP contribution is -2.39. The molecule has 3 nitrogen and oxygen atoms in total. The van der Waals surface area contributed by atoms with Crippen molar-refractivity contribution in [2.24, 2.45) is 0 Å². The van der Waals surface area contributed by atoms with Gasteiger partial charge in [-0.1, -0.05) is 48.5 Å². The van der Waals surface area contributed by atoms with Gasteiger partial charge in [-0.25, -0.2) is 0 Å². The van der Waals surface area contributed by atoms with Gasteiger partial charge in [-0.2, -0.15) is 4.58 Å². The highest BCUT2D eigenvalue weighted by molar-refractivity contribution is 6.28. The molecule has 2 aliphatic rings. The molecule has 152 valence electrons. The Hall–Kier alpha value is -2.75. The van der Waals surface area contributed by atoms with Gasteiger partial charge in [0.1, 0.15) is 0 Å². The van der Waals surface area contributed by atoms with E-state index < -0.39 is 0 Å². The zero-order valence-electron chi connectivity index (χ0n) is 17.9. The number of nitrogens with zero attached hydrogens (tertiary/aromatic N) is 2. The van der Waals surface area contributed by atoms with Crippen LogP contribution < -0.4 is 0 Å². The molecule has 0 radical (unpaired) electrons. The van der Waals surface area contributed by atoms with Crippen molar-refractivity contribution in [1.29, 1.82) is 0 Å². The van der Waals surface area contributed by atoms with E-state index in [2.05, 4.69) is 90.1 Å². The topological polar surface area (TPSA) is 15.5 Å². The maximum Gasteiger partial charge on any atom is 0.213 e. The summed E-state index contributed by atoms with van der Waals surface area (Å²) in [6.07, 6.45) is 2.38. The Morgan fingerprint density at radius 1 is 0.900 bits per heavy atom. The fraction of sp³-hybridized carbons (Fsp3) is 0.296. The van der Waals surface area contributed by atoms with Gasteiger partial charge in [0, 0.05) is 26.1 Å². The van der Waals surface area contributed by atoms with Gasteiger partial charge in [0.25, 0.3) is 0 Å². The predicted molar refractivity (Wildman–Crippen MR) is 126 cm³/mol. The van der Waals surface area contributed by atoms with Crippen LogP contribution in [0.4, 0.5) is 5.69 Å². The van der Waals surface area contributed by atoms with E-state index in [0.29, 0.717) is 0 Å². The number of benzene rings is 3. The van der Waals surface area contributed by atoms with Crippen LogP contribution in [0.3, 0.4) is 0 Å². The molecule has 0 saturated carbocycles. The second-order valence-electron chi connectivity index (χ2n) is 8.28. The van der Waals surface area contributed by atoms with Gasteiger partial charge in [0.05, 0.1) is 30.9 Å². The molecule has 0 spiro atoms. The monoisotopic (exact) mass is 397 g/mol. The van der Waals surface area contributed by atoms with Crippen LogP contribution in [0.25, 0.3) is 22.4 Å². The van der Waals surface area contributed by atoms with E-state index in [1.807, 2.05) is 0 Å². The van der Waals surface area contributed by atoms with E-state index in [0.717, 1.165) is 39.4 Å². The third-order valence-electron chi connectivity index (χ3n) is 6.50. The summed E-state index contributed by atoms with van der Waals surface area (Å²) in [5.41, 5.74) is 7.95. The molecular formula is C27H29N2O+. The second kappa shape index (κ2) is 8.17. The Morgan fingerprint density at radius 2 is 1.63 bits per heavy atom. The molecule has 3 aromatic rings. The van der Waals surface area contributed by atoms with Crippen LogP contribution in [-0.4, -0.2) is 54.6 Å². The smallest absolute Gasteiger partial charge is 0.213 e. The number of morpholine rings is 1. The number of allylic oxidation sites excluding steroid dienone is 1. The van der Waals surface area contributed by atoms with Crippen LogP contribution in [0.5, 0.6) is 0 Å². The summed E-state index contributed by atoms with van der Waals surface area (Å²) >= 11 is 0.